The molecule has 0 saturated heterocycles. The van der Waals surface area contributed by atoms with Crippen LogP contribution >= 0.6 is 11.6 Å². The van der Waals surface area contributed by atoms with E-state index in [1.54, 1.807) is 0 Å². The van der Waals surface area contributed by atoms with Crippen LogP contribution in [0.4, 0.5) is 0 Å². The lowest BCUT2D eigenvalue weighted by Crippen LogP contribution is -2.29. The van der Waals surface area contributed by atoms with Gasteiger partial charge in [-0.3, -0.25) is 14.1 Å². The van der Waals surface area contributed by atoms with Crippen molar-refractivity contribution in [3.63, 3.8) is 0 Å². The Labute approximate surface area is 72.9 Å². The summed E-state index contributed by atoms with van der Waals surface area (Å²) in [7, 11) is -4.72. The minimum Gasteiger partial charge on any atom is -0.481 e. The topological polar surface area (TPSA) is 109 Å². The molecule has 0 aromatic rings. The van der Waals surface area contributed by atoms with Crippen LogP contribution in [0.3, 0.4) is 0 Å². The Balaban J connectivity index is 4.70. The Morgan fingerprint density at radius 1 is 1.42 bits per heavy atom. The van der Waals surface area contributed by atoms with Crippen LogP contribution in [0.5, 0.6) is 0 Å². The fraction of sp³-hybridized carbons (Fsp3) is 0.500. The van der Waals surface area contributed by atoms with Gasteiger partial charge in [0.25, 0.3) is 10.1 Å². The second-order valence-corrected chi connectivity index (χ2v) is 3.88. The zero-order valence-electron chi connectivity index (χ0n) is 5.60. The van der Waals surface area contributed by atoms with E-state index in [0.29, 0.717) is 0 Å². The number of hydrogen-bond donors (Lipinski definition) is 2. The quantitative estimate of drug-likeness (QED) is 0.484. The molecule has 0 rings (SSSR count). The van der Waals surface area contributed by atoms with Crippen molar-refractivity contribution in [3.8, 4) is 0 Å². The number of hydrogen-bond acceptors (Lipinski definition) is 4. The highest BCUT2D eigenvalue weighted by atomic mass is 35.5. The third-order valence-corrected chi connectivity index (χ3v) is 2.47. The third-order valence-electron chi connectivity index (χ3n) is 0.973. The summed E-state index contributed by atoms with van der Waals surface area (Å²) in [5, 5.41) is 4.61. The standard InChI is InChI=1S/C4H5ClO6S/c5-4(8)2(1-3(6)7)12(9,10)11/h2H,1H2,(H,6,7)(H,9,10,11). The molecule has 1 unspecified atom stereocenters. The summed E-state index contributed by atoms with van der Waals surface area (Å²) in [5.74, 6) is -1.54. The van der Waals surface area contributed by atoms with Gasteiger partial charge in [-0.05, 0) is 11.6 Å². The highest BCUT2D eigenvalue weighted by Crippen LogP contribution is 2.08. The molecule has 6 nitrogen and oxygen atoms in total. The third kappa shape index (κ3) is 3.65. The van der Waals surface area contributed by atoms with Crippen LogP contribution in [0, 0.1) is 0 Å². The van der Waals surface area contributed by atoms with Crippen molar-refractivity contribution in [2.24, 2.45) is 0 Å². The highest BCUT2D eigenvalue weighted by molar-refractivity contribution is 7.87. The van der Waals surface area contributed by atoms with Gasteiger partial charge in [0.15, 0.2) is 5.25 Å². The Kier molecular flexibility index (Phi) is 3.62. The van der Waals surface area contributed by atoms with Crippen molar-refractivity contribution in [2.45, 2.75) is 11.7 Å². The molecule has 0 amide bonds. The van der Waals surface area contributed by atoms with E-state index < -0.39 is 33.0 Å². The molecule has 0 aliphatic carbocycles. The summed E-state index contributed by atoms with van der Waals surface area (Å²) >= 11 is 4.73. The van der Waals surface area contributed by atoms with E-state index >= 15 is 0 Å². The number of halogens is 1. The van der Waals surface area contributed by atoms with Crippen LogP contribution in [-0.2, 0) is 19.7 Å². The van der Waals surface area contributed by atoms with Gasteiger partial charge >= 0.3 is 5.97 Å². The molecular formula is C4H5ClO6S. The Bertz CT molecular complexity index is 293. The molecule has 0 spiro atoms. The average molecular weight is 217 g/mol. The molecule has 0 saturated carbocycles. The summed E-state index contributed by atoms with van der Waals surface area (Å²) in [5.41, 5.74) is 0. The smallest absolute Gasteiger partial charge is 0.305 e. The summed E-state index contributed by atoms with van der Waals surface area (Å²) in [6.07, 6.45) is -1.04. The minimum absolute atomic E-state index is 1.04. The number of carboxylic acids is 1. The fourth-order valence-electron chi connectivity index (χ4n) is 0.461. The van der Waals surface area contributed by atoms with Crippen LogP contribution in [0.25, 0.3) is 0 Å². The van der Waals surface area contributed by atoms with Gasteiger partial charge in [0.05, 0.1) is 6.42 Å². The second-order valence-electron chi connectivity index (χ2n) is 1.91. The molecule has 0 fully saturated rings. The van der Waals surface area contributed by atoms with E-state index in [4.69, 9.17) is 21.3 Å². The van der Waals surface area contributed by atoms with Crippen molar-refractivity contribution >= 4 is 32.9 Å². The number of carbonyl (C=O) groups is 2. The maximum atomic E-state index is 10.3. The van der Waals surface area contributed by atoms with Gasteiger partial charge < -0.3 is 5.11 Å². The van der Waals surface area contributed by atoms with Crippen molar-refractivity contribution in [3.05, 3.63) is 0 Å². The number of rotatable bonds is 4. The van der Waals surface area contributed by atoms with Crippen LogP contribution in [0.15, 0.2) is 0 Å². The van der Waals surface area contributed by atoms with Crippen LogP contribution in [-0.4, -0.2) is 34.5 Å². The first-order valence-electron chi connectivity index (χ1n) is 2.62. The van der Waals surface area contributed by atoms with E-state index in [1.165, 1.54) is 0 Å². The van der Waals surface area contributed by atoms with E-state index in [9.17, 15) is 18.0 Å². The number of carboxylic acid groups (broad SMARTS) is 1. The predicted octanol–water partition coefficient (Wildman–Crippen LogP) is -0.517. The van der Waals surface area contributed by atoms with Gasteiger partial charge in [-0.1, -0.05) is 0 Å². The van der Waals surface area contributed by atoms with Crippen molar-refractivity contribution < 1.29 is 27.7 Å². The zero-order chi connectivity index (χ0) is 9.94. The fourth-order valence-corrected chi connectivity index (χ4v) is 1.46. The Morgan fingerprint density at radius 3 is 1.92 bits per heavy atom. The van der Waals surface area contributed by atoms with Gasteiger partial charge in [0.2, 0.25) is 5.24 Å². The first-order valence-corrected chi connectivity index (χ1v) is 4.50. The largest absolute Gasteiger partial charge is 0.481 e. The van der Waals surface area contributed by atoms with Gasteiger partial charge in [-0.2, -0.15) is 8.42 Å². The normalized spacial score (nSPS) is 13.8. The molecule has 0 aromatic heterocycles. The van der Waals surface area contributed by atoms with E-state index in [-0.39, 0.29) is 0 Å². The first kappa shape index (κ1) is 11.3. The molecule has 2 N–H and O–H groups in total. The molecule has 1 atom stereocenters. The lowest BCUT2D eigenvalue weighted by atomic mass is 10.3. The second kappa shape index (κ2) is 3.83. The lowest BCUT2D eigenvalue weighted by Gasteiger charge is -2.04. The predicted molar refractivity (Wildman–Crippen MR) is 38.4 cm³/mol. The summed E-state index contributed by atoms with van der Waals surface area (Å²) in [4.78, 5) is 20.3. The molecule has 0 radical (unpaired) electrons. The minimum atomic E-state index is -4.72. The molecule has 0 bridgehead atoms. The lowest BCUT2D eigenvalue weighted by molar-refractivity contribution is -0.137. The summed E-state index contributed by atoms with van der Waals surface area (Å²) in [6.45, 7) is 0. The van der Waals surface area contributed by atoms with Crippen molar-refractivity contribution in [1.82, 2.24) is 0 Å². The first-order chi connectivity index (χ1) is 5.25. The summed E-state index contributed by atoms with van der Waals surface area (Å²) < 4.78 is 28.9. The average Bonchev–Trinajstić information content (AvgIpc) is 1.79. The molecule has 12 heavy (non-hydrogen) atoms. The number of aliphatic carboxylic acids is 1. The number of carbonyl (C=O) groups excluding carboxylic acids is 1. The molecular weight excluding hydrogens is 212 g/mol. The molecule has 0 aliphatic rings. The highest BCUT2D eigenvalue weighted by Gasteiger charge is 2.31. The van der Waals surface area contributed by atoms with Gasteiger partial charge in [0.1, 0.15) is 0 Å². The van der Waals surface area contributed by atoms with E-state index in [0.717, 1.165) is 0 Å². The maximum absolute atomic E-state index is 10.3. The zero-order valence-corrected chi connectivity index (χ0v) is 7.17. The molecule has 0 aliphatic heterocycles. The van der Waals surface area contributed by atoms with E-state index in [2.05, 4.69) is 0 Å². The van der Waals surface area contributed by atoms with Gasteiger partial charge in [0, 0.05) is 0 Å². The van der Waals surface area contributed by atoms with Crippen LogP contribution in [0.2, 0.25) is 0 Å². The van der Waals surface area contributed by atoms with Crippen molar-refractivity contribution in [1.29, 1.82) is 0 Å². The summed E-state index contributed by atoms with van der Waals surface area (Å²) in [6, 6.07) is 0. The van der Waals surface area contributed by atoms with Gasteiger partial charge in [-0.15, -0.1) is 0 Å². The van der Waals surface area contributed by atoms with Crippen LogP contribution in [0.1, 0.15) is 6.42 Å². The maximum Gasteiger partial charge on any atom is 0.305 e. The molecule has 8 heteroatoms. The Morgan fingerprint density at radius 2 is 1.83 bits per heavy atom. The van der Waals surface area contributed by atoms with E-state index in [1.807, 2.05) is 0 Å². The van der Waals surface area contributed by atoms with Gasteiger partial charge in [-0.25, -0.2) is 0 Å². The molecule has 0 heterocycles. The monoisotopic (exact) mass is 216 g/mol. The Hall–Kier alpha value is -0.660. The SMILES string of the molecule is O=C(O)CC(C(=O)Cl)S(=O)(=O)O. The van der Waals surface area contributed by atoms with Crippen molar-refractivity contribution in [2.75, 3.05) is 0 Å². The molecule has 70 valence electrons. The van der Waals surface area contributed by atoms with Crippen LogP contribution < -0.4 is 0 Å². The molecule has 0 aromatic carbocycles.